The van der Waals surface area contributed by atoms with E-state index in [2.05, 4.69) is 94.6 Å². The number of imidazole rings is 1. The maximum Gasteiger partial charge on any atom is 0.121 e. The molecule has 0 saturated heterocycles. The molecule has 5 nitrogen and oxygen atoms in total. The summed E-state index contributed by atoms with van der Waals surface area (Å²) in [5.74, 6) is 2.60. The molecule has 0 radical (unpaired) electrons. The van der Waals surface area contributed by atoms with E-state index in [9.17, 15) is 0 Å². The first-order chi connectivity index (χ1) is 22.2. The Morgan fingerprint density at radius 1 is 1.04 bits per heavy atom. The summed E-state index contributed by atoms with van der Waals surface area (Å²) in [6.07, 6.45) is 25.7. The van der Waals surface area contributed by atoms with E-state index in [-0.39, 0.29) is 12.1 Å². The first-order valence-corrected chi connectivity index (χ1v) is 17.1. The first kappa shape index (κ1) is 31.2. The Bertz CT molecular complexity index is 1510. The second-order valence-electron chi connectivity index (χ2n) is 12.9. The summed E-state index contributed by atoms with van der Waals surface area (Å²) in [5, 5.41) is 0. The van der Waals surface area contributed by atoms with E-state index >= 15 is 0 Å². The number of H-pyrrole nitrogens is 1. The highest BCUT2D eigenvalue weighted by Crippen LogP contribution is 2.43. The summed E-state index contributed by atoms with van der Waals surface area (Å²) < 4.78 is 11.7. The number of aryl methyl sites for hydroxylation is 1. The van der Waals surface area contributed by atoms with Crippen molar-refractivity contribution in [2.45, 2.75) is 89.6 Å². The minimum Gasteiger partial charge on any atom is -0.497 e. The summed E-state index contributed by atoms with van der Waals surface area (Å²) in [6.45, 7) is 3.32. The van der Waals surface area contributed by atoms with Gasteiger partial charge >= 0.3 is 0 Å². The molecule has 1 fully saturated rings. The standard InChI is InChI=1S/C40H49N3O2/c1-3-4-16-34-26-33(32-18-21-35(44-2)22-19-32)20-23-36(34)40(37-27-41-29-42-37)43(28-31-14-9-6-10-15-31)38(39-17-11-24-45-39)25-30-12-7-5-8-13-30/h5,7,11-12,17-24,26-27,29,31,38,40H,3-4,6,8-10,13-16,25,28H2,1-2H3,(H,41,42). The first-order valence-electron chi connectivity index (χ1n) is 17.1. The lowest BCUT2D eigenvalue weighted by atomic mass is 9.85. The summed E-state index contributed by atoms with van der Waals surface area (Å²) >= 11 is 0. The Morgan fingerprint density at radius 3 is 2.58 bits per heavy atom. The normalized spacial score (nSPS) is 16.9. The number of methoxy groups -OCH3 is 1. The molecule has 6 rings (SSSR count). The number of nitrogens with zero attached hydrogens (tertiary/aromatic N) is 2. The van der Waals surface area contributed by atoms with Gasteiger partial charge in [-0.3, -0.25) is 4.90 Å². The summed E-state index contributed by atoms with van der Waals surface area (Å²) in [4.78, 5) is 10.9. The molecule has 5 heteroatoms. The average molecular weight is 604 g/mol. The fraction of sp³-hybridized carbons (Fsp3) is 0.425. The van der Waals surface area contributed by atoms with Crippen molar-refractivity contribution in [1.82, 2.24) is 14.9 Å². The number of furan rings is 1. The van der Waals surface area contributed by atoms with Crippen LogP contribution >= 0.6 is 0 Å². The van der Waals surface area contributed by atoms with Crippen molar-refractivity contribution < 1.29 is 9.15 Å². The van der Waals surface area contributed by atoms with Crippen molar-refractivity contribution in [2.75, 3.05) is 13.7 Å². The maximum atomic E-state index is 6.28. The van der Waals surface area contributed by atoms with Crippen LogP contribution in [0.1, 0.15) is 106 Å². The SMILES string of the molecule is CCCCc1cc(-c2ccc(OC)cc2)ccc1C(c1cnc[nH]1)N(CC1CCCCC1)C(CC1=CC=CCC1)c1ccco1. The molecule has 1 N–H and O–H groups in total. The van der Waals surface area contributed by atoms with Crippen molar-refractivity contribution in [1.29, 1.82) is 0 Å². The van der Waals surface area contributed by atoms with Crippen LogP contribution in [0.2, 0.25) is 0 Å². The highest BCUT2D eigenvalue weighted by molar-refractivity contribution is 5.66. The van der Waals surface area contributed by atoms with E-state index in [1.807, 2.05) is 18.8 Å². The number of nitrogens with one attached hydrogen (secondary N) is 1. The predicted molar refractivity (Wildman–Crippen MR) is 183 cm³/mol. The van der Waals surface area contributed by atoms with E-state index in [1.165, 1.54) is 59.9 Å². The molecule has 2 atom stereocenters. The third-order valence-corrected chi connectivity index (χ3v) is 9.83. The number of unbranched alkanes of at least 4 members (excludes halogenated alkanes) is 1. The van der Waals surface area contributed by atoms with Gasteiger partial charge in [-0.05, 0) is 97.4 Å². The molecule has 2 aliphatic carbocycles. The Balaban J connectivity index is 1.47. The number of benzene rings is 2. The van der Waals surface area contributed by atoms with E-state index in [0.29, 0.717) is 5.92 Å². The Labute approximate surface area is 269 Å². The van der Waals surface area contributed by atoms with Crippen LogP contribution < -0.4 is 4.74 Å². The fourth-order valence-corrected chi connectivity index (χ4v) is 7.37. The van der Waals surface area contributed by atoms with Crippen molar-refractivity contribution in [3.63, 3.8) is 0 Å². The van der Waals surface area contributed by atoms with Gasteiger partial charge in [-0.2, -0.15) is 0 Å². The number of aromatic amines is 1. The number of hydrogen-bond acceptors (Lipinski definition) is 4. The molecule has 0 spiro atoms. The number of allylic oxidation sites excluding steroid dienone is 3. The predicted octanol–water partition coefficient (Wildman–Crippen LogP) is 10.4. The van der Waals surface area contributed by atoms with Crippen molar-refractivity contribution in [3.8, 4) is 16.9 Å². The van der Waals surface area contributed by atoms with Gasteiger partial charge in [0.15, 0.2) is 0 Å². The molecule has 0 amide bonds. The van der Waals surface area contributed by atoms with Gasteiger partial charge in [0.2, 0.25) is 0 Å². The van der Waals surface area contributed by atoms with Crippen molar-refractivity contribution >= 4 is 0 Å². The summed E-state index contributed by atoms with van der Waals surface area (Å²) in [7, 11) is 1.72. The van der Waals surface area contributed by atoms with E-state index < -0.39 is 0 Å². The van der Waals surface area contributed by atoms with Gasteiger partial charge in [-0.25, -0.2) is 4.98 Å². The molecule has 2 aliphatic rings. The molecule has 45 heavy (non-hydrogen) atoms. The summed E-state index contributed by atoms with van der Waals surface area (Å²) in [5.41, 5.74) is 7.89. The zero-order valence-electron chi connectivity index (χ0n) is 27.1. The molecular formula is C40H49N3O2. The largest absolute Gasteiger partial charge is 0.497 e. The van der Waals surface area contributed by atoms with E-state index in [1.54, 1.807) is 7.11 Å². The molecule has 2 heterocycles. The van der Waals surface area contributed by atoms with Crippen LogP contribution in [-0.2, 0) is 6.42 Å². The molecule has 236 valence electrons. The molecule has 2 aromatic heterocycles. The zero-order valence-corrected chi connectivity index (χ0v) is 27.1. The number of rotatable bonds is 14. The quantitative estimate of drug-likeness (QED) is 0.156. The zero-order chi connectivity index (χ0) is 30.8. The van der Waals surface area contributed by atoms with E-state index in [0.717, 1.165) is 62.3 Å². The lowest BCUT2D eigenvalue weighted by molar-refractivity contribution is 0.0982. The Morgan fingerprint density at radius 2 is 1.89 bits per heavy atom. The van der Waals surface area contributed by atoms with Crippen LogP contribution in [0.15, 0.2) is 102 Å². The van der Waals surface area contributed by atoms with Gasteiger partial charge in [0, 0.05) is 12.7 Å². The molecular weight excluding hydrogens is 554 g/mol. The molecule has 1 saturated carbocycles. The van der Waals surface area contributed by atoms with Gasteiger partial charge in [0.05, 0.1) is 37.5 Å². The van der Waals surface area contributed by atoms with Crippen LogP contribution in [0.25, 0.3) is 11.1 Å². The smallest absolute Gasteiger partial charge is 0.121 e. The van der Waals surface area contributed by atoms with Crippen LogP contribution in [0.3, 0.4) is 0 Å². The Hall–Kier alpha value is -3.83. The van der Waals surface area contributed by atoms with Crippen molar-refractivity contribution in [3.05, 3.63) is 120 Å². The number of hydrogen-bond donors (Lipinski definition) is 1. The second-order valence-corrected chi connectivity index (χ2v) is 12.9. The average Bonchev–Trinajstić information content (AvgIpc) is 3.83. The second kappa shape index (κ2) is 15.4. The molecule has 0 bridgehead atoms. The van der Waals surface area contributed by atoms with Crippen molar-refractivity contribution in [2.24, 2.45) is 5.92 Å². The van der Waals surface area contributed by atoms with Gasteiger partial charge in [0.25, 0.3) is 0 Å². The van der Waals surface area contributed by atoms with Gasteiger partial charge in [-0.15, -0.1) is 0 Å². The molecule has 2 unspecified atom stereocenters. The van der Waals surface area contributed by atoms with Gasteiger partial charge in [0.1, 0.15) is 11.5 Å². The van der Waals surface area contributed by atoms with Gasteiger partial charge < -0.3 is 14.1 Å². The Kier molecular flexibility index (Phi) is 10.7. The lowest BCUT2D eigenvalue weighted by Gasteiger charge is -2.41. The number of ether oxygens (including phenoxy) is 1. The highest BCUT2D eigenvalue weighted by Gasteiger charge is 2.36. The molecule has 2 aromatic carbocycles. The van der Waals surface area contributed by atoms with Crippen LogP contribution in [0, 0.1) is 5.92 Å². The minimum absolute atomic E-state index is 0.0287. The van der Waals surface area contributed by atoms with Crippen LogP contribution in [0.4, 0.5) is 0 Å². The topological polar surface area (TPSA) is 54.3 Å². The van der Waals surface area contributed by atoms with E-state index in [4.69, 9.17) is 9.15 Å². The lowest BCUT2D eigenvalue weighted by Crippen LogP contribution is -2.38. The maximum absolute atomic E-state index is 6.28. The summed E-state index contributed by atoms with van der Waals surface area (Å²) in [6, 6.07) is 20.0. The third kappa shape index (κ3) is 7.70. The molecule has 4 aromatic rings. The van der Waals surface area contributed by atoms with Crippen LogP contribution in [-0.4, -0.2) is 28.5 Å². The molecule has 0 aliphatic heterocycles. The highest BCUT2D eigenvalue weighted by atomic mass is 16.5. The van der Waals surface area contributed by atoms with Crippen LogP contribution in [0.5, 0.6) is 5.75 Å². The number of aromatic nitrogens is 2. The monoisotopic (exact) mass is 603 g/mol. The third-order valence-electron chi connectivity index (χ3n) is 9.83. The van der Waals surface area contributed by atoms with Gasteiger partial charge in [-0.1, -0.05) is 86.7 Å². The minimum atomic E-state index is 0.0287. The fourth-order valence-electron chi connectivity index (χ4n) is 7.37.